The lowest BCUT2D eigenvalue weighted by Gasteiger charge is -2.10. The molecule has 2 aromatic rings. The van der Waals surface area contributed by atoms with Crippen molar-refractivity contribution in [3.8, 4) is 17.0 Å². The third-order valence-electron chi connectivity index (χ3n) is 3.20. The van der Waals surface area contributed by atoms with Crippen LogP contribution in [0, 0.1) is 5.92 Å². The Morgan fingerprint density at radius 1 is 1.30 bits per heavy atom. The summed E-state index contributed by atoms with van der Waals surface area (Å²) in [6.07, 6.45) is 0.978. The number of carbonyl (C=O) groups is 1. The fourth-order valence-electron chi connectivity index (χ4n) is 1.96. The molecule has 1 heterocycles. The zero-order valence-electron chi connectivity index (χ0n) is 13.2. The van der Waals surface area contributed by atoms with Crippen LogP contribution in [0.25, 0.3) is 11.3 Å². The summed E-state index contributed by atoms with van der Waals surface area (Å²) < 4.78 is 5.73. The Kier molecular flexibility index (Phi) is 5.48. The van der Waals surface area contributed by atoms with E-state index in [4.69, 9.17) is 16.3 Å². The summed E-state index contributed by atoms with van der Waals surface area (Å²) in [4.78, 5) is 19.6. The first kappa shape index (κ1) is 16.7. The zero-order chi connectivity index (χ0) is 16.8. The maximum atomic E-state index is 11.6. The molecule has 7 heteroatoms. The number of hydrazine groups is 1. The molecule has 1 aromatic carbocycles. The van der Waals surface area contributed by atoms with Gasteiger partial charge in [0.25, 0.3) is 5.91 Å². The summed E-state index contributed by atoms with van der Waals surface area (Å²) in [5.41, 5.74) is 9.12. The van der Waals surface area contributed by atoms with Crippen molar-refractivity contribution in [3.63, 3.8) is 0 Å². The van der Waals surface area contributed by atoms with Crippen LogP contribution in [0.4, 0.5) is 5.95 Å². The minimum Gasteiger partial charge on any atom is -0.494 e. The van der Waals surface area contributed by atoms with Crippen molar-refractivity contribution in [3.05, 3.63) is 36.0 Å². The number of rotatable bonds is 6. The fraction of sp³-hybridized carbons (Fsp3) is 0.312. The van der Waals surface area contributed by atoms with Gasteiger partial charge in [-0.2, -0.15) is 0 Å². The van der Waals surface area contributed by atoms with E-state index in [-0.39, 0.29) is 11.6 Å². The monoisotopic (exact) mass is 315 g/mol. The van der Waals surface area contributed by atoms with Gasteiger partial charge in [-0.3, -0.25) is 10.2 Å². The number of carbonyl (C=O) groups excluding carboxylic acids is 1. The lowest BCUT2D eigenvalue weighted by molar-refractivity contribution is 0.0948. The second-order valence-electron chi connectivity index (χ2n) is 5.53. The maximum absolute atomic E-state index is 11.6. The largest absolute Gasteiger partial charge is 0.494 e. The van der Waals surface area contributed by atoms with Crippen molar-refractivity contribution in [2.45, 2.75) is 20.3 Å². The second kappa shape index (κ2) is 7.55. The maximum Gasteiger partial charge on any atom is 0.283 e. The Hall–Kier alpha value is -2.67. The minimum absolute atomic E-state index is 0.00669. The molecule has 23 heavy (non-hydrogen) atoms. The first-order valence-corrected chi connectivity index (χ1v) is 7.38. The molecule has 0 unspecified atom stereocenters. The molecule has 0 aliphatic heterocycles. The summed E-state index contributed by atoms with van der Waals surface area (Å²) in [5, 5.41) is 0. The van der Waals surface area contributed by atoms with E-state index in [1.165, 1.54) is 6.07 Å². The highest BCUT2D eigenvalue weighted by molar-refractivity contribution is 5.93. The Balaban J connectivity index is 2.24. The van der Waals surface area contributed by atoms with Crippen molar-refractivity contribution in [1.29, 1.82) is 0 Å². The standard InChI is InChI=1S/C16H21N5O2/c1-10(2)6-7-23-12-5-3-4-11(8-12)13-9-14(15(22)21-18)20-16(17)19-13/h3-5,8-10H,6-7,18H2,1-2H3,(H,21,22)(H2,17,19,20). The normalized spacial score (nSPS) is 10.6. The highest BCUT2D eigenvalue weighted by Crippen LogP contribution is 2.23. The van der Waals surface area contributed by atoms with Gasteiger partial charge in [0, 0.05) is 5.56 Å². The van der Waals surface area contributed by atoms with Gasteiger partial charge in [-0.1, -0.05) is 26.0 Å². The number of nitrogens with one attached hydrogen (secondary N) is 1. The van der Waals surface area contributed by atoms with Crippen LogP contribution in [0.3, 0.4) is 0 Å². The van der Waals surface area contributed by atoms with Crippen LogP contribution in [0.1, 0.15) is 30.8 Å². The number of amides is 1. The number of ether oxygens (including phenoxy) is 1. The lowest BCUT2D eigenvalue weighted by Crippen LogP contribution is -2.31. The van der Waals surface area contributed by atoms with E-state index in [0.29, 0.717) is 18.2 Å². The van der Waals surface area contributed by atoms with Crippen LogP contribution in [0.5, 0.6) is 5.75 Å². The molecule has 0 fully saturated rings. The van der Waals surface area contributed by atoms with E-state index in [1.54, 1.807) is 0 Å². The van der Waals surface area contributed by atoms with E-state index in [1.807, 2.05) is 29.7 Å². The summed E-state index contributed by atoms with van der Waals surface area (Å²) in [6, 6.07) is 8.99. The van der Waals surface area contributed by atoms with Crippen molar-refractivity contribution in [2.75, 3.05) is 12.3 Å². The van der Waals surface area contributed by atoms with Gasteiger partial charge in [-0.25, -0.2) is 15.8 Å². The van der Waals surface area contributed by atoms with Crippen molar-refractivity contribution < 1.29 is 9.53 Å². The molecule has 0 saturated carbocycles. The molecular weight excluding hydrogens is 294 g/mol. The van der Waals surface area contributed by atoms with Crippen molar-refractivity contribution >= 4 is 11.9 Å². The molecule has 122 valence electrons. The third-order valence-corrected chi connectivity index (χ3v) is 3.20. The number of benzene rings is 1. The van der Waals surface area contributed by atoms with Gasteiger partial charge >= 0.3 is 0 Å². The van der Waals surface area contributed by atoms with E-state index in [2.05, 4.69) is 23.8 Å². The molecule has 2 rings (SSSR count). The molecule has 0 saturated heterocycles. The summed E-state index contributed by atoms with van der Waals surface area (Å²) in [7, 11) is 0. The molecule has 0 radical (unpaired) electrons. The van der Waals surface area contributed by atoms with Gasteiger partial charge in [-0.15, -0.1) is 0 Å². The van der Waals surface area contributed by atoms with Gasteiger partial charge in [0.1, 0.15) is 11.4 Å². The van der Waals surface area contributed by atoms with Crippen LogP contribution in [-0.4, -0.2) is 22.5 Å². The number of nitrogens with zero attached hydrogens (tertiary/aromatic N) is 2. The predicted molar refractivity (Wildman–Crippen MR) is 88.5 cm³/mol. The molecule has 0 spiro atoms. The number of nitrogens with two attached hydrogens (primary N) is 2. The Morgan fingerprint density at radius 3 is 2.78 bits per heavy atom. The molecule has 1 amide bonds. The SMILES string of the molecule is CC(C)CCOc1cccc(-c2cc(C(=O)NN)nc(N)n2)c1. The average Bonchev–Trinajstić information content (AvgIpc) is 2.53. The van der Waals surface area contributed by atoms with Crippen LogP contribution in [0.2, 0.25) is 0 Å². The molecule has 0 aliphatic rings. The molecular formula is C16H21N5O2. The second-order valence-corrected chi connectivity index (χ2v) is 5.53. The molecule has 5 N–H and O–H groups in total. The van der Waals surface area contributed by atoms with Gasteiger partial charge in [0.2, 0.25) is 5.95 Å². The lowest BCUT2D eigenvalue weighted by atomic mass is 10.1. The first-order valence-electron chi connectivity index (χ1n) is 7.38. The quantitative estimate of drug-likeness (QED) is 0.425. The van der Waals surface area contributed by atoms with Crippen LogP contribution in [0.15, 0.2) is 30.3 Å². The van der Waals surface area contributed by atoms with E-state index >= 15 is 0 Å². The van der Waals surface area contributed by atoms with Gasteiger partial charge in [-0.05, 0) is 30.5 Å². The Labute approximate surface area is 135 Å². The first-order chi connectivity index (χ1) is 11.0. The Bertz CT molecular complexity index is 688. The van der Waals surface area contributed by atoms with Gasteiger partial charge in [0.05, 0.1) is 12.3 Å². The van der Waals surface area contributed by atoms with Crippen LogP contribution < -0.4 is 21.7 Å². The fourth-order valence-corrected chi connectivity index (χ4v) is 1.96. The van der Waals surface area contributed by atoms with Gasteiger partial charge < -0.3 is 10.5 Å². The summed E-state index contributed by atoms with van der Waals surface area (Å²) in [5.74, 6) is 5.93. The number of aromatic nitrogens is 2. The topological polar surface area (TPSA) is 116 Å². The number of nitrogen functional groups attached to an aromatic ring is 2. The molecule has 0 atom stereocenters. The number of hydrogen-bond acceptors (Lipinski definition) is 6. The average molecular weight is 315 g/mol. The van der Waals surface area contributed by atoms with Gasteiger partial charge in [0.15, 0.2) is 0 Å². The smallest absolute Gasteiger partial charge is 0.283 e. The minimum atomic E-state index is -0.523. The molecule has 7 nitrogen and oxygen atoms in total. The highest BCUT2D eigenvalue weighted by atomic mass is 16.5. The summed E-state index contributed by atoms with van der Waals surface area (Å²) in [6.45, 7) is 4.94. The molecule has 1 aromatic heterocycles. The Morgan fingerprint density at radius 2 is 2.09 bits per heavy atom. The van der Waals surface area contributed by atoms with E-state index in [9.17, 15) is 4.79 Å². The number of hydrogen-bond donors (Lipinski definition) is 3. The zero-order valence-corrected chi connectivity index (χ0v) is 13.2. The van der Waals surface area contributed by atoms with Crippen LogP contribution in [-0.2, 0) is 0 Å². The highest BCUT2D eigenvalue weighted by Gasteiger charge is 2.11. The van der Waals surface area contributed by atoms with Crippen molar-refractivity contribution in [1.82, 2.24) is 15.4 Å². The predicted octanol–water partition coefficient (Wildman–Crippen LogP) is 1.75. The van der Waals surface area contributed by atoms with E-state index < -0.39 is 5.91 Å². The van der Waals surface area contributed by atoms with Crippen LogP contribution >= 0.6 is 0 Å². The number of anilines is 1. The third kappa shape index (κ3) is 4.65. The van der Waals surface area contributed by atoms with E-state index in [0.717, 1.165) is 17.7 Å². The molecule has 0 aliphatic carbocycles. The molecule has 0 bridgehead atoms. The van der Waals surface area contributed by atoms with Crippen molar-refractivity contribution in [2.24, 2.45) is 11.8 Å². The summed E-state index contributed by atoms with van der Waals surface area (Å²) >= 11 is 0.